The first-order valence-corrected chi connectivity index (χ1v) is 10.1. The minimum atomic E-state index is 0.715. The molecule has 0 fully saturated rings. The first-order chi connectivity index (χ1) is 15.7. The number of benzene rings is 4. The van der Waals surface area contributed by atoms with Crippen LogP contribution >= 0.6 is 0 Å². The molecule has 0 atom stereocenters. The maximum Gasteiger partial charge on any atom is 0.123 e. The van der Waals surface area contributed by atoms with E-state index in [1.807, 2.05) is 54.6 Å². The van der Waals surface area contributed by atoms with Crippen LogP contribution < -0.4 is 14.2 Å². The smallest absolute Gasteiger partial charge is 0.123 e. The Hall–Kier alpha value is -4.34. The molecule has 0 saturated heterocycles. The molecular weight excluding hydrogens is 396 g/mol. The zero-order chi connectivity index (χ0) is 22.3. The average Bonchev–Trinajstić information content (AvgIpc) is 2.85. The second-order valence-corrected chi connectivity index (χ2v) is 7.11. The van der Waals surface area contributed by atoms with E-state index in [1.54, 1.807) is 21.3 Å². The van der Waals surface area contributed by atoms with Gasteiger partial charge in [-0.05, 0) is 71.4 Å². The van der Waals surface area contributed by atoms with E-state index < -0.39 is 0 Å². The Morgan fingerprint density at radius 1 is 0.406 bits per heavy atom. The van der Waals surface area contributed by atoms with E-state index in [2.05, 4.69) is 47.9 Å². The maximum absolute atomic E-state index is 5.32. The van der Waals surface area contributed by atoms with Crippen molar-refractivity contribution in [3.8, 4) is 40.9 Å². The lowest BCUT2D eigenvalue weighted by Crippen LogP contribution is -1.88. The van der Waals surface area contributed by atoms with E-state index in [0.717, 1.165) is 38.8 Å². The van der Waals surface area contributed by atoms with Crippen molar-refractivity contribution in [3.05, 3.63) is 101 Å². The number of hydrogen-bond acceptors (Lipinski definition) is 3. The van der Waals surface area contributed by atoms with Crippen LogP contribution in [0.4, 0.5) is 0 Å². The zero-order valence-corrected chi connectivity index (χ0v) is 18.2. The Labute approximate surface area is 188 Å². The van der Waals surface area contributed by atoms with Crippen molar-refractivity contribution in [2.45, 2.75) is 0 Å². The third kappa shape index (κ3) is 5.04. The van der Waals surface area contributed by atoms with E-state index in [1.165, 1.54) is 0 Å². The standard InChI is InChI=1S/C29H22O3/c1-30-27-14-10-21(11-15-27)4-5-22-8-12-25-13-9-23(17-26(25)16-22)6-7-24-18-28(31-2)20-29(19-24)32-3/h8-20H,1-3H3. The molecule has 0 aromatic heterocycles. The predicted molar refractivity (Wildman–Crippen MR) is 128 cm³/mol. The lowest BCUT2D eigenvalue weighted by Gasteiger charge is -2.04. The van der Waals surface area contributed by atoms with Crippen LogP contribution in [0.15, 0.2) is 78.9 Å². The fourth-order valence-electron chi connectivity index (χ4n) is 3.24. The zero-order valence-electron chi connectivity index (χ0n) is 18.2. The van der Waals surface area contributed by atoms with Gasteiger partial charge in [-0.2, -0.15) is 0 Å². The van der Waals surface area contributed by atoms with Crippen LogP contribution in [0.3, 0.4) is 0 Å². The highest BCUT2D eigenvalue weighted by Crippen LogP contribution is 2.22. The Morgan fingerprint density at radius 3 is 1.41 bits per heavy atom. The van der Waals surface area contributed by atoms with Gasteiger partial charge in [-0.1, -0.05) is 35.8 Å². The molecule has 0 radical (unpaired) electrons. The van der Waals surface area contributed by atoms with E-state index in [9.17, 15) is 0 Å². The van der Waals surface area contributed by atoms with Gasteiger partial charge in [0.25, 0.3) is 0 Å². The fourth-order valence-corrected chi connectivity index (χ4v) is 3.24. The van der Waals surface area contributed by atoms with Gasteiger partial charge >= 0.3 is 0 Å². The highest BCUT2D eigenvalue weighted by molar-refractivity contribution is 5.85. The summed E-state index contributed by atoms with van der Waals surface area (Å²) in [5.41, 5.74) is 3.66. The summed E-state index contributed by atoms with van der Waals surface area (Å²) in [6.45, 7) is 0. The number of fused-ring (bicyclic) bond motifs is 1. The van der Waals surface area contributed by atoms with E-state index in [4.69, 9.17) is 14.2 Å². The molecule has 0 amide bonds. The first-order valence-electron chi connectivity index (χ1n) is 10.1. The number of ether oxygens (including phenoxy) is 3. The summed E-state index contributed by atoms with van der Waals surface area (Å²) in [5, 5.41) is 2.25. The second kappa shape index (κ2) is 9.65. The third-order valence-corrected chi connectivity index (χ3v) is 4.98. The Kier molecular flexibility index (Phi) is 6.30. The van der Waals surface area contributed by atoms with Gasteiger partial charge in [0.05, 0.1) is 21.3 Å². The molecule has 3 heteroatoms. The highest BCUT2D eigenvalue weighted by atomic mass is 16.5. The molecule has 0 heterocycles. The number of hydrogen-bond donors (Lipinski definition) is 0. The number of rotatable bonds is 3. The van der Waals surface area contributed by atoms with Gasteiger partial charge in [0, 0.05) is 28.3 Å². The molecule has 4 aromatic carbocycles. The molecule has 4 aromatic rings. The monoisotopic (exact) mass is 418 g/mol. The van der Waals surface area contributed by atoms with Gasteiger partial charge in [-0.3, -0.25) is 0 Å². The SMILES string of the molecule is COc1ccc(C#Cc2ccc3ccc(C#Cc4cc(OC)cc(OC)c4)cc3c2)cc1. The number of methoxy groups -OCH3 is 3. The molecule has 0 bridgehead atoms. The van der Waals surface area contributed by atoms with Crippen molar-refractivity contribution in [1.82, 2.24) is 0 Å². The predicted octanol–water partition coefficient (Wildman–Crippen LogP) is 5.67. The lowest BCUT2D eigenvalue weighted by atomic mass is 10.0. The van der Waals surface area contributed by atoms with Crippen LogP contribution in [0.25, 0.3) is 10.8 Å². The van der Waals surface area contributed by atoms with Gasteiger partial charge in [0.1, 0.15) is 17.2 Å². The van der Waals surface area contributed by atoms with Crippen LogP contribution in [0, 0.1) is 23.7 Å². The van der Waals surface area contributed by atoms with E-state index in [0.29, 0.717) is 11.5 Å². The fraction of sp³-hybridized carbons (Fsp3) is 0.103. The van der Waals surface area contributed by atoms with Gasteiger partial charge in [0.15, 0.2) is 0 Å². The summed E-state index contributed by atoms with van der Waals surface area (Å²) < 4.78 is 15.8. The molecule has 156 valence electrons. The quantitative estimate of drug-likeness (QED) is 0.402. The van der Waals surface area contributed by atoms with Crippen LogP contribution in [-0.2, 0) is 0 Å². The largest absolute Gasteiger partial charge is 0.497 e. The Balaban J connectivity index is 1.61. The summed E-state index contributed by atoms with van der Waals surface area (Å²) in [7, 11) is 4.91. The molecule has 0 aliphatic heterocycles. The van der Waals surface area contributed by atoms with Crippen molar-refractivity contribution in [2.75, 3.05) is 21.3 Å². The van der Waals surface area contributed by atoms with Gasteiger partial charge in [0.2, 0.25) is 0 Å². The van der Waals surface area contributed by atoms with E-state index >= 15 is 0 Å². The molecule has 0 N–H and O–H groups in total. The molecule has 3 nitrogen and oxygen atoms in total. The molecular formula is C29H22O3. The molecule has 0 saturated carbocycles. The third-order valence-electron chi connectivity index (χ3n) is 4.98. The van der Waals surface area contributed by atoms with Crippen molar-refractivity contribution in [1.29, 1.82) is 0 Å². The average molecular weight is 418 g/mol. The second-order valence-electron chi connectivity index (χ2n) is 7.11. The van der Waals surface area contributed by atoms with Crippen molar-refractivity contribution < 1.29 is 14.2 Å². The summed E-state index contributed by atoms with van der Waals surface area (Å²) >= 11 is 0. The van der Waals surface area contributed by atoms with Crippen molar-refractivity contribution in [2.24, 2.45) is 0 Å². The van der Waals surface area contributed by atoms with Gasteiger partial charge < -0.3 is 14.2 Å². The molecule has 0 aliphatic rings. The van der Waals surface area contributed by atoms with Gasteiger partial charge in [-0.25, -0.2) is 0 Å². The maximum atomic E-state index is 5.32. The summed E-state index contributed by atoms with van der Waals surface area (Å²) in [4.78, 5) is 0. The lowest BCUT2D eigenvalue weighted by molar-refractivity contribution is 0.394. The molecule has 4 rings (SSSR count). The highest BCUT2D eigenvalue weighted by Gasteiger charge is 2.00. The molecule has 32 heavy (non-hydrogen) atoms. The minimum Gasteiger partial charge on any atom is -0.497 e. The molecule has 0 aliphatic carbocycles. The topological polar surface area (TPSA) is 27.7 Å². The Bertz CT molecular complexity index is 1360. The summed E-state index contributed by atoms with van der Waals surface area (Å²) in [5.74, 6) is 15.1. The van der Waals surface area contributed by atoms with Crippen LogP contribution in [-0.4, -0.2) is 21.3 Å². The normalized spacial score (nSPS) is 9.84. The van der Waals surface area contributed by atoms with Crippen LogP contribution in [0.5, 0.6) is 17.2 Å². The minimum absolute atomic E-state index is 0.715. The van der Waals surface area contributed by atoms with Crippen molar-refractivity contribution >= 4 is 10.8 Å². The first kappa shape index (κ1) is 20.9. The Morgan fingerprint density at radius 2 is 0.875 bits per heavy atom. The summed E-state index contributed by atoms with van der Waals surface area (Å²) in [6.07, 6.45) is 0. The van der Waals surface area contributed by atoms with Crippen molar-refractivity contribution in [3.63, 3.8) is 0 Å². The van der Waals surface area contributed by atoms with Gasteiger partial charge in [-0.15, -0.1) is 0 Å². The van der Waals surface area contributed by atoms with Crippen LogP contribution in [0.2, 0.25) is 0 Å². The van der Waals surface area contributed by atoms with E-state index in [-0.39, 0.29) is 0 Å². The summed E-state index contributed by atoms with van der Waals surface area (Å²) in [6, 6.07) is 25.7. The molecule has 0 unspecified atom stereocenters. The van der Waals surface area contributed by atoms with Crippen LogP contribution in [0.1, 0.15) is 22.3 Å². The molecule has 0 spiro atoms.